The van der Waals surface area contributed by atoms with E-state index < -0.39 is 12.5 Å². The summed E-state index contributed by atoms with van der Waals surface area (Å²) in [5.74, 6) is 0.0720. The summed E-state index contributed by atoms with van der Waals surface area (Å²) >= 11 is 0. The maximum absolute atomic E-state index is 12.9. The van der Waals surface area contributed by atoms with Crippen molar-refractivity contribution >= 4 is 11.6 Å². The van der Waals surface area contributed by atoms with E-state index in [1.165, 1.54) is 6.07 Å². The molecule has 0 fully saturated rings. The summed E-state index contributed by atoms with van der Waals surface area (Å²) in [6, 6.07) is 8.82. The highest BCUT2D eigenvalue weighted by molar-refractivity contribution is 6.03. The number of nitrogens with one attached hydrogen (secondary N) is 1. The zero-order valence-electron chi connectivity index (χ0n) is 15.1. The number of ether oxygens (including phenoxy) is 1. The van der Waals surface area contributed by atoms with Crippen LogP contribution in [-0.2, 0) is 6.54 Å². The van der Waals surface area contributed by atoms with Crippen molar-refractivity contribution in [3.8, 4) is 5.75 Å². The largest absolute Gasteiger partial charge is 0.497 e. The van der Waals surface area contributed by atoms with Gasteiger partial charge in [0.05, 0.1) is 30.7 Å². The van der Waals surface area contributed by atoms with Crippen LogP contribution >= 0.6 is 0 Å². The molecule has 0 atom stereocenters. The number of hydrogen-bond acceptors (Lipinski definition) is 4. The van der Waals surface area contributed by atoms with E-state index in [2.05, 4.69) is 15.5 Å². The van der Waals surface area contributed by atoms with Crippen LogP contribution in [0.4, 0.5) is 14.5 Å². The van der Waals surface area contributed by atoms with Crippen LogP contribution in [0, 0.1) is 13.8 Å². The predicted molar refractivity (Wildman–Crippen MR) is 95.2 cm³/mol. The second-order valence-electron chi connectivity index (χ2n) is 5.95. The quantitative estimate of drug-likeness (QED) is 0.717. The Morgan fingerprint density at radius 2 is 2.07 bits per heavy atom. The molecule has 1 aromatic carbocycles. The van der Waals surface area contributed by atoms with Gasteiger partial charge in [-0.15, -0.1) is 0 Å². The number of aromatic nitrogens is 4. The van der Waals surface area contributed by atoms with Crippen molar-refractivity contribution in [3.63, 3.8) is 0 Å². The fourth-order valence-corrected chi connectivity index (χ4v) is 2.80. The van der Waals surface area contributed by atoms with E-state index in [4.69, 9.17) is 4.74 Å². The number of halogens is 2. The molecule has 7 nitrogen and oxygen atoms in total. The molecule has 0 saturated carbocycles. The van der Waals surface area contributed by atoms with Gasteiger partial charge in [-0.1, -0.05) is 12.1 Å². The highest BCUT2D eigenvalue weighted by Gasteiger charge is 2.21. The number of alkyl halides is 2. The Kier molecular flexibility index (Phi) is 5.20. The first kappa shape index (κ1) is 18.6. The average molecular weight is 375 g/mol. The minimum atomic E-state index is -2.89. The van der Waals surface area contributed by atoms with Crippen LogP contribution in [0.15, 0.2) is 36.5 Å². The normalized spacial score (nSPS) is 11.0. The summed E-state index contributed by atoms with van der Waals surface area (Å²) in [6.07, 6.45) is 1.16. The number of rotatable bonds is 6. The number of hydrogen-bond donors (Lipinski definition) is 1. The minimum Gasteiger partial charge on any atom is -0.497 e. The predicted octanol–water partition coefficient (Wildman–Crippen LogP) is 3.40. The Hall–Kier alpha value is -3.23. The number of carbonyl (C=O) groups is 1. The first-order valence-corrected chi connectivity index (χ1v) is 8.20. The highest BCUT2D eigenvalue weighted by atomic mass is 19.3. The summed E-state index contributed by atoms with van der Waals surface area (Å²) < 4.78 is 33.2. The first-order chi connectivity index (χ1) is 12.9. The van der Waals surface area contributed by atoms with Gasteiger partial charge in [-0.3, -0.25) is 9.48 Å². The highest BCUT2D eigenvalue weighted by Crippen LogP contribution is 2.23. The van der Waals surface area contributed by atoms with E-state index in [0.29, 0.717) is 28.3 Å². The Labute approximate surface area is 154 Å². The topological polar surface area (TPSA) is 74.0 Å². The molecule has 1 N–H and O–H groups in total. The Bertz CT molecular complexity index is 965. The lowest BCUT2D eigenvalue weighted by Gasteiger charge is -2.09. The van der Waals surface area contributed by atoms with Crippen LogP contribution in [0.1, 0.15) is 34.0 Å². The molecule has 142 valence electrons. The van der Waals surface area contributed by atoms with Gasteiger partial charge in [0.15, 0.2) is 0 Å². The molecule has 0 bridgehead atoms. The van der Waals surface area contributed by atoms with Gasteiger partial charge in [0, 0.05) is 6.20 Å². The Morgan fingerprint density at radius 1 is 1.30 bits per heavy atom. The molecule has 0 unspecified atom stereocenters. The molecule has 2 aromatic heterocycles. The van der Waals surface area contributed by atoms with Gasteiger partial charge in [-0.2, -0.15) is 23.7 Å². The van der Waals surface area contributed by atoms with Crippen LogP contribution in [0.3, 0.4) is 0 Å². The summed E-state index contributed by atoms with van der Waals surface area (Å²) in [7, 11) is 1.60. The Morgan fingerprint density at radius 3 is 2.78 bits per heavy atom. The van der Waals surface area contributed by atoms with E-state index >= 15 is 0 Å². The number of methoxy groups -OCH3 is 1. The van der Waals surface area contributed by atoms with E-state index in [1.807, 2.05) is 24.3 Å². The number of benzene rings is 1. The van der Waals surface area contributed by atoms with Crippen LogP contribution in [0.2, 0.25) is 0 Å². The molecule has 3 aromatic rings. The number of carbonyl (C=O) groups excluding carboxylic acids is 1. The molecule has 1 amide bonds. The zero-order chi connectivity index (χ0) is 19.6. The molecule has 0 radical (unpaired) electrons. The summed E-state index contributed by atoms with van der Waals surface area (Å²) in [6.45, 7) is 1.14. The fraction of sp³-hybridized carbons (Fsp3) is 0.278. The second kappa shape index (κ2) is 7.56. The third-order valence-corrected chi connectivity index (χ3v) is 4.17. The van der Waals surface area contributed by atoms with Gasteiger partial charge in [0.25, 0.3) is 5.91 Å². The van der Waals surface area contributed by atoms with Gasteiger partial charge < -0.3 is 10.1 Å². The van der Waals surface area contributed by atoms with Gasteiger partial charge in [-0.25, -0.2) is 0 Å². The maximum atomic E-state index is 12.9. The van der Waals surface area contributed by atoms with Crippen molar-refractivity contribution < 1.29 is 18.3 Å². The molecule has 0 aliphatic rings. The van der Waals surface area contributed by atoms with Gasteiger partial charge in [-0.05, 0) is 37.6 Å². The molecular weight excluding hydrogens is 356 g/mol. The van der Waals surface area contributed by atoms with Gasteiger partial charge in [0.2, 0.25) is 0 Å². The Balaban J connectivity index is 1.83. The number of anilines is 1. The smallest absolute Gasteiger partial charge is 0.333 e. The van der Waals surface area contributed by atoms with E-state index in [0.717, 1.165) is 17.5 Å². The average Bonchev–Trinajstić information content (AvgIpc) is 3.23. The number of nitrogens with zero attached hydrogens (tertiary/aromatic N) is 4. The molecule has 3 rings (SSSR count). The van der Waals surface area contributed by atoms with E-state index in [9.17, 15) is 13.6 Å². The van der Waals surface area contributed by atoms with E-state index in [1.54, 1.807) is 25.6 Å². The van der Waals surface area contributed by atoms with Crippen LogP contribution in [-0.4, -0.2) is 32.6 Å². The van der Waals surface area contributed by atoms with Gasteiger partial charge >= 0.3 is 6.55 Å². The molecule has 0 saturated heterocycles. The van der Waals surface area contributed by atoms with Crippen molar-refractivity contribution in [2.24, 2.45) is 0 Å². The van der Waals surface area contributed by atoms with Crippen molar-refractivity contribution in [3.05, 3.63) is 59.2 Å². The third-order valence-electron chi connectivity index (χ3n) is 4.17. The standard InChI is InChI=1S/C18H19F2N5O2/c1-11-16(22-17(26)15-7-8-21-25(15)18(19)20)12(2)24(23-11)10-13-5-4-6-14(9-13)27-3/h4-9,18H,10H2,1-3H3,(H,22,26). The number of aryl methyl sites for hydroxylation is 1. The molecule has 9 heteroatoms. The van der Waals surface area contributed by atoms with E-state index in [-0.39, 0.29) is 5.69 Å². The lowest BCUT2D eigenvalue weighted by molar-refractivity contribution is 0.0520. The molecule has 0 spiro atoms. The summed E-state index contributed by atoms with van der Waals surface area (Å²) in [4.78, 5) is 12.4. The van der Waals surface area contributed by atoms with Crippen LogP contribution in [0.5, 0.6) is 5.75 Å². The molecule has 0 aliphatic carbocycles. The molecule has 0 aliphatic heterocycles. The summed E-state index contributed by atoms with van der Waals surface area (Å²) in [5, 5.41) is 10.6. The third kappa shape index (κ3) is 3.81. The molecular formula is C18H19F2N5O2. The van der Waals surface area contributed by atoms with Crippen molar-refractivity contribution in [2.75, 3.05) is 12.4 Å². The fourth-order valence-electron chi connectivity index (χ4n) is 2.80. The maximum Gasteiger partial charge on any atom is 0.333 e. The van der Waals surface area contributed by atoms with Crippen LogP contribution in [0.25, 0.3) is 0 Å². The lowest BCUT2D eigenvalue weighted by atomic mass is 10.2. The van der Waals surface area contributed by atoms with Crippen molar-refractivity contribution in [1.29, 1.82) is 0 Å². The SMILES string of the molecule is COc1cccc(Cn2nc(C)c(NC(=O)c3ccnn3C(F)F)c2C)c1. The monoisotopic (exact) mass is 375 g/mol. The van der Waals surface area contributed by atoms with Gasteiger partial charge in [0.1, 0.15) is 11.4 Å². The molecule has 2 heterocycles. The molecule has 27 heavy (non-hydrogen) atoms. The second-order valence-corrected chi connectivity index (χ2v) is 5.95. The zero-order valence-corrected chi connectivity index (χ0v) is 15.1. The minimum absolute atomic E-state index is 0.218. The number of amides is 1. The van der Waals surface area contributed by atoms with Crippen molar-refractivity contribution in [1.82, 2.24) is 19.6 Å². The lowest BCUT2D eigenvalue weighted by Crippen LogP contribution is -2.19. The summed E-state index contributed by atoms with van der Waals surface area (Å²) in [5.41, 5.74) is 2.56. The van der Waals surface area contributed by atoms with Crippen LogP contribution < -0.4 is 10.1 Å². The van der Waals surface area contributed by atoms with Crippen molar-refractivity contribution in [2.45, 2.75) is 26.9 Å². The first-order valence-electron chi connectivity index (χ1n) is 8.20.